The summed E-state index contributed by atoms with van der Waals surface area (Å²) in [5.41, 5.74) is 4.36. The highest BCUT2D eigenvalue weighted by Gasteiger charge is 2.16. The Kier molecular flexibility index (Phi) is 8.22. The van der Waals surface area contributed by atoms with Gasteiger partial charge < -0.3 is 25.2 Å². The van der Waals surface area contributed by atoms with E-state index >= 15 is 0 Å². The zero-order valence-electron chi connectivity index (χ0n) is 21.3. The van der Waals surface area contributed by atoms with Crippen LogP contribution in [-0.4, -0.2) is 68.0 Å². The smallest absolute Gasteiger partial charge is 0.229 e. The molecular weight excluding hydrogens is 449 g/mol. The lowest BCUT2D eigenvalue weighted by Gasteiger charge is -2.34. The summed E-state index contributed by atoms with van der Waals surface area (Å²) < 4.78 is 5.66. The molecule has 8 nitrogen and oxygen atoms in total. The highest BCUT2D eigenvalue weighted by Crippen LogP contribution is 2.32. The van der Waals surface area contributed by atoms with Crippen molar-refractivity contribution in [1.29, 1.82) is 0 Å². The number of methoxy groups -OCH3 is 1. The molecule has 1 saturated heterocycles. The maximum Gasteiger partial charge on any atom is 0.229 e. The Balaban J connectivity index is 0.00000124. The van der Waals surface area contributed by atoms with Crippen molar-refractivity contribution in [3.05, 3.63) is 60.9 Å². The number of anilines is 5. The SMILES string of the molecule is CC.[B]c1ccc2ncc(Nc3ccnc(Nc4ccc(N5CCN(C)CC5)cc4OC)n3)cc2c1.[HH].[HH]. The van der Waals surface area contributed by atoms with Gasteiger partial charge in [0.15, 0.2) is 0 Å². The van der Waals surface area contributed by atoms with Crippen molar-refractivity contribution in [1.82, 2.24) is 19.9 Å². The van der Waals surface area contributed by atoms with Gasteiger partial charge in [-0.25, -0.2) is 4.98 Å². The minimum Gasteiger partial charge on any atom is -0.494 e. The number of ether oxygens (including phenoxy) is 1. The number of aromatic nitrogens is 3. The van der Waals surface area contributed by atoms with Crippen LogP contribution in [0.3, 0.4) is 0 Å². The molecule has 1 aliphatic heterocycles. The summed E-state index contributed by atoms with van der Waals surface area (Å²) in [4.78, 5) is 18.2. The molecule has 2 aromatic heterocycles. The van der Waals surface area contributed by atoms with Gasteiger partial charge in [0.25, 0.3) is 0 Å². The molecule has 0 aliphatic carbocycles. The van der Waals surface area contributed by atoms with E-state index in [2.05, 4.69) is 54.6 Å². The molecule has 2 radical (unpaired) electrons. The fourth-order valence-electron chi connectivity index (χ4n) is 4.02. The maximum atomic E-state index is 5.91. The van der Waals surface area contributed by atoms with Gasteiger partial charge in [0.05, 0.1) is 30.2 Å². The second-order valence-electron chi connectivity index (χ2n) is 8.37. The van der Waals surface area contributed by atoms with Gasteiger partial charge in [-0.05, 0) is 37.4 Å². The predicted molar refractivity (Wildman–Crippen MR) is 154 cm³/mol. The summed E-state index contributed by atoms with van der Waals surface area (Å²) in [6.45, 7) is 8.10. The summed E-state index contributed by atoms with van der Waals surface area (Å²) >= 11 is 0. The normalized spacial score (nSPS) is 13.6. The van der Waals surface area contributed by atoms with Crippen molar-refractivity contribution >= 4 is 53.0 Å². The van der Waals surface area contributed by atoms with Crippen molar-refractivity contribution in [2.45, 2.75) is 13.8 Å². The molecule has 9 heteroatoms. The topological polar surface area (TPSA) is 78.4 Å². The van der Waals surface area contributed by atoms with E-state index in [1.807, 2.05) is 50.2 Å². The molecule has 188 valence electrons. The summed E-state index contributed by atoms with van der Waals surface area (Å²) in [6.07, 6.45) is 3.48. The molecule has 5 rings (SSSR count). The van der Waals surface area contributed by atoms with Gasteiger partial charge in [-0.1, -0.05) is 31.4 Å². The average Bonchev–Trinajstić information content (AvgIpc) is 2.90. The minimum absolute atomic E-state index is 0. The second kappa shape index (κ2) is 11.7. The fraction of sp³-hybridized carbons (Fsp3) is 0.296. The first kappa shape index (κ1) is 25.3. The zero-order chi connectivity index (χ0) is 25.5. The van der Waals surface area contributed by atoms with Crippen molar-refractivity contribution < 1.29 is 7.59 Å². The Morgan fingerprint density at radius 2 is 1.75 bits per heavy atom. The van der Waals surface area contributed by atoms with Crippen molar-refractivity contribution in [2.75, 3.05) is 55.9 Å². The molecule has 36 heavy (non-hydrogen) atoms. The van der Waals surface area contributed by atoms with Crippen molar-refractivity contribution in [3.8, 4) is 5.75 Å². The van der Waals surface area contributed by atoms with Crippen LogP contribution in [-0.2, 0) is 0 Å². The summed E-state index contributed by atoms with van der Waals surface area (Å²) in [7, 11) is 9.73. The number of piperazine rings is 1. The number of pyridine rings is 1. The highest BCUT2D eigenvalue weighted by atomic mass is 16.5. The van der Waals surface area contributed by atoms with Crippen LogP contribution in [0.4, 0.5) is 28.8 Å². The third-order valence-corrected chi connectivity index (χ3v) is 5.93. The average molecular weight is 485 g/mol. The van der Waals surface area contributed by atoms with Gasteiger partial charge in [0, 0.05) is 52.4 Å². The van der Waals surface area contributed by atoms with E-state index in [0.717, 1.165) is 59.9 Å². The summed E-state index contributed by atoms with van der Waals surface area (Å²) in [5.74, 6) is 1.86. The number of hydrogen-bond donors (Lipinski definition) is 2. The number of benzene rings is 2. The van der Waals surface area contributed by atoms with E-state index in [1.54, 1.807) is 19.5 Å². The first-order valence-corrected chi connectivity index (χ1v) is 12.2. The number of likely N-dealkylation sites (N-methyl/N-ethyl adjacent to an activating group) is 1. The lowest BCUT2D eigenvalue weighted by Crippen LogP contribution is -2.44. The Morgan fingerprint density at radius 1 is 0.944 bits per heavy atom. The van der Waals surface area contributed by atoms with E-state index in [4.69, 9.17) is 12.6 Å². The van der Waals surface area contributed by atoms with Crippen LogP contribution in [0, 0.1) is 0 Å². The molecule has 1 fully saturated rings. The Bertz CT molecular complexity index is 1320. The van der Waals surface area contributed by atoms with Crippen LogP contribution in [0.15, 0.2) is 60.9 Å². The Morgan fingerprint density at radius 3 is 2.53 bits per heavy atom. The first-order valence-electron chi connectivity index (χ1n) is 12.2. The quantitative estimate of drug-likeness (QED) is 0.384. The third-order valence-electron chi connectivity index (χ3n) is 5.93. The van der Waals surface area contributed by atoms with E-state index in [0.29, 0.717) is 17.2 Å². The van der Waals surface area contributed by atoms with Gasteiger partial charge in [0.2, 0.25) is 5.95 Å². The molecule has 4 aromatic rings. The van der Waals surface area contributed by atoms with Gasteiger partial charge in [0.1, 0.15) is 19.4 Å². The Hall–Kier alpha value is -3.85. The third kappa shape index (κ3) is 6.04. The molecule has 0 unspecified atom stereocenters. The molecule has 0 spiro atoms. The highest BCUT2D eigenvalue weighted by molar-refractivity contribution is 6.33. The molecule has 2 N–H and O–H groups in total. The summed E-state index contributed by atoms with van der Waals surface area (Å²) in [5, 5.41) is 7.53. The number of hydrogen-bond acceptors (Lipinski definition) is 8. The molecule has 0 bridgehead atoms. The molecule has 0 atom stereocenters. The molecule has 0 amide bonds. The standard InChI is InChI=1S/C25H26BN7O.C2H6.2H2/c1-32-9-11-33(12-10-32)20-4-6-22(23(15-20)34-2)30-25-27-8-7-24(31-25)29-19-14-17-13-18(26)3-5-21(17)28-16-19;1-2;;/h3-8,13-16H,9-12H2,1-2H3,(H2,27,29,30,31);1-2H3;2*1H. The van der Waals surface area contributed by atoms with E-state index < -0.39 is 0 Å². The van der Waals surface area contributed by atoms with Gasteiger partial charge in [-0.15, -0.1) is 0 Å². The van der Waals surface area contributed by atoms with Crippen LogP contribution >= 0.6 is 0 Å². The van der Waals surface area contributed by atoms with Crippen LogP contribution in [0.25, 0.3) is 10.9 Å². The lowest BCUT2D eigenvalue weighted by atomic mass is 9.95. The number of nitrogens with one attached hydrogen (secondary N) is 2. The summed E-state index contributed by atoms with van der Waals surface area (Å²) in [6, 6.07) is 15.6. The van der Waals surface area contributed by atoms with Crippen LogP contribution < -0.4 is 25.7 Å². The van der Waals surface area contributed by atoms with Crippen LogP contribution in [0.5, 0.6) is 5.75 Å². The second-order valence-corrected chi connectivity index (χ2v) is 8.37. The number of nitrogens with zero attached hydrogens (tertiary/aromatic N) is 5. The largest absolute Gasteiger partial charge is 0.494 e. The van der Waals surface area contributed by atoms with Gasteiger partial charge in [-0.3, -0.25) is 4.98 Å². The molecule has 1 aliphatic rings. The van der Waals surface area contributed by atoms with E-state index in [-0.39, 0.29) is 2.85 Å². The van der Waals surface area contributed by atoms with Crippen molar-refractivity contribution in [3.63, 3.8) is 0 Å². The zero-order valence-corrected chi connectivity index (χ0v) is 21.3. The number of rotatable bonds is 6. The van der Waals surface area contributed by atoms with Crippen LogP contribution in [0.2, 0.25) is 0 Å². The van der Waals surface area contributed by atoms with Crippen LogP contribution in [0.1, 0.15) is 16.7 Å². The molecule has 2 aromatic carbocycles. The minimum atomic E-state index is 0. The van der Waals surface area contributed by atoms with Gasteiger partial charge in [-0.2, -0.15) is 4.98 Å². The predicted octanol–water partition coefficient (Wildman–Crippen LogP) is 4.58. The monoisotopic (exact) mass is 485 g/mol. The molecular formula is C27H36BN7O. The van der Waals surface area contributed by atoms with E-state index in [1.165, 1.54) is 0 Å². The van der Waals surface area contributed by atoms with E-state index in [9.17, 15) is 0 Å². The Labute approximate surface area is 217 Å². The maximum absolute atomic E-state index is 5.91. The van der Waals surface area contributed by atoms with Gasteiger partial charge >= 0.3 is 0 Å². The molecule has 3 heterocycles. The first-order chi connectivity index (χ1) is 17.6. The molecule has 0 saturated carbocycles. The lowest BCUT2D eigenvalue weighted by molar-refractivity contribution is 0.312. The van der Waals surface area contributed by atoms with Crippen molar-refractivity contribution in [2.24, 2.45) is 0 Å². The number of fused-ring (bicyclic) bond motifs is 1. The fourth-order valence-corrected chi connectivity index (χ4v) is 4.02.